The number of methoxy groups -OCH3 is 1. The number of halogens is 1. The summed E-state index contributed by atoms with van der Waals surface area (Å²) in [4.78, 5) is 2.39. The molecule has 2 nitrogen and oxygen atoms in total. The summed E-state index contributed by atoms with van der Waals surface area (Å²) in [6.45, 7) is 4.40. The number of ether oxygens (including phenoxy) is 1. The van der Waals surface area contributed by atoms with E-state index in [9.17, 15) is 0 Å². The minimum atomic E-state index is 0.707. The molecule has 0 fully saturated rings. The molecule has 0 aliphatic carbocycles. The molecule has 0 aliphatic heterocycles. The number of rotatable bonds is 7. The molecule has 0 bridgehead atoms. The highest BCUT2D eigenvalue weighted by Crippen LogP contribution is 2.31. The van der Waals surface area contributed by atoms with Gasteiger partial charge < -0.3 is 10.1 Å². The van der Waals surface area contributed by atoms with Gasteiger partial charge in [-0.1, -0.05) is 47.1 Å². The zero-order valence-corrected chi connectivity index (χ0v) is 13.9. The van der Waals surface area contributed by atoms with Crippen molar-refractivity contribution in [3.05, 3.63) is 58.6 Å². The molecule has 2 aromatic rings. The van der Waals surface area contributed by atoms with Gasteiger partial charge in [0.15, 0.2) is 0 Å². The molecule has 0 unspecified atom stereocenters. The quantitative estimate of drug-likeness (QED) is 0.757. The first-order valence-corrected chi connectivity index (χ1v) is 8.11. The number of benzene rings is 2. The number of nitrogens with one attached hydrogen (secondary N) is 1. The third kappa shape index (κ3) is 5.36. The Kier molecular flexibility index (Phi) is 6.58. The molecule has 21 heavy (non-hydrogen) atoms. The van der Waals surface area contributed by atoms with Crippen LogP contribution in [-0.2, 0) is 11.3 Å². The second-order valence-electron chi connectivity index (χ2n) is 4.84. The first-order chi connectivity index (χ1) is 10.2. The summed E-state index contributed by atoms with van der Waals surface area (Å²) < 4.78 is 5.01. The van der Waals surface area contributed by atoms with E-state index in [4.69, 9.17) is 16.3 Å². The van der Waals surface area contributed by atoms with E-state index in [1.807, 2.05) is 6.07 Å². The van der Waals surface area contributed by atoms with Crippen LogP contribution >= 0.6 is 23.4 Å². The standard InChI is InChI=1S/C17H20ClNOS/c1-13-4-3-5-15(10-13)21-16-7-6-14(17(18)11-16)12-19-8-9-20-2/h3-7,10-11,19H,8-9,12H2,1-2H3. The minimum absolute atomic E-state index is 0.707. The topological polar surface area (TPSA) is 21.3 Å². The SMILES string of the molecule is COCCNCc1ccc(Sc2cccc(C)c2)cc1Cl. The van der Waals surface area contributed by atoms with Gasteiger partial charge in [0.1, 0.15) is 0 Å². The van der Waals surface area contributed by atoms with Crippen molar-refractivity contribution in [3.8, 4) is 0 Å². The fourth-order valence-corrected chi connectivity index (χ4v) is 3.24. The Morgan fingerprint density at radius 2 is 1.95 bits per heavy atom. The highest BCUT2D eigenvalue weighted by Gasteiger charge is 2.04. The largest absolute Gasteiger partial charge is 0.383 e. The zero-order valence-electron chi connectivity index (χ0n) is 12.4. The lowest BCUT2D eigenvalue weighted by molar-refractivity contribution is 0.199. The van der Waals surface area contributed by atoms with Crippen molar-refractivity contribution in [2.24, 2.45) is 0 Å². The molecule has 0 radical (unpaired) electrons. The minimum Gasteiger partial charge on any atom is -0.383 e. The van der Waals surface area contributed by atoms with E-state index < -0.39 is 0 Å². The van der Waals surface area contributed by atoms with Crippen molar-refractivity contribution in [2.45, 2.75) is 23.3 Å². The molecular formula is C17H20ClNOS. The van der Waals surface area contributed by atoms with Gasteiger partial charge in [-0.25, -0.2) is 0 Å². The normalized spacial score (nSPS) is 10.8. The van der Waals surface area contributed by atoms with Gasteiger partial charge >= 0.3 is 0 Å². The molecule has 2 rings (SSSR count). The van der Waals surface area contributed by atoms with Crippen LogP contribution in [0, 0.1) is 6.92 Å². The first kappa shape index (κ1) is 16.4. The smallest absolute Gasteiger partial charge is 0.0587 e. The summed E-state index contributed by atoms with van der Waals surface area (Å²) >= 11 is 8.09. The van der Waals surface area contributed by atoms with E-state index >= 15 is 0 Å². The first-order valence-electron chi connectivity index (χ1n) is 6.91. The second kappa shape index (κ2) is 8.44. The van der Waals surface area contributed by atoms with Gasteiger partial charge in [0.05, 0.1) is 6.61 Å². The summed E-state index contributed by atoms with van der Waals surface area (Å²) in [7, 11) is 1.70. The molecule has 0 atom stereocenters. The van der Waals surface area contributed by atoms with E-state index in [0.717, 1.165) is 28.6 Å². The van der Waals surface area contributed by atoms with Crippen LogP contribution in [0.4, 0.5) is 0 Å². The third-order valence-corrected chi connectivity index (χ3v) is 4.38. The summed E-state index contributed by atoms with van der Waals surface area (Å²) in [6, 6.07) is 14.7. The lowest BCUT2D eigenvalue weighted by Gasteiger charge is -2.09. The van der Waals surface area contributed by atoms with E-state index in [-0.39, 0.29) is 0 Å². The van der Waals surface area contributed by atoms with Crippen molar-refractivity contribution in [1.82, 2.24) is 5.32 Å². The molecule has 0 heterocycles. The molecule has 0 saturated carbocycles. The second-order valence-corrected chi connectivity index (χ2v) is 6.40. The average Bonchev–Trinajstić information content (AvgIpc) is 2.45. The summed E-state index contributed by atoms with van der Waals surface area (Å²) in [6.07, 6.45) is 0. The van der Waals surface area contributed by atoms with Crippen LogP contribution in [0.3, 0.4) is 0 Å². The molecule has 4 heteroatoms. The summed E-state index contributed by atoms with van der Waals surface area (Å²) in [5.74, 6) is 0. The van der Waals surface area contributed by atoms with Crippen LogP contribution in [0.15, 0.2) is 52.3 Å². The van der Waals surface area contributed by atoms with Gasteiger partial charge in [-0.15, -0.1) is 0 Å². The Balaban J connectivity index is 1.98. The number of hydrogen-bond donors (Lipinski definition) is 1. The maximum atomic E-state index is 6.36. The molecule has 2 aromatic carbocycles. The van der Waals surface area contributed by atoms with Gasteiger partial charge in [-0.05, 0) is 36.8 Å². The van der Waals surface area contributed by atoms with Crippen molar-refractivity contribution in [2.75, 3.05) is 20.3 Å². The average molecular weight is 322 g/mol. The van der Waals surface area contributed by atoms with Crippen LogP contribution in [0.25, 0.3) is 0 Å². The monoisotopic (exact) mass is 321 g/mol. The van der Waals surface area contributed by atoms with Crippen molar-refractivity contribution in [1.29, 1.82) is 0 Å². The molecule has 0 aliphatic rings. The Bertz CT molecular complexity index is 589. The zero-order chi connectivity index (χ0) is 15.1. The van der Waals surface area contributed by atoms with Gasteiger partial charge in [0.2, 0.25) is 0 Å². The van der Waals surface area contributed by atoms with Gasteiger partial charge in [-0.2, -0.15) is 0 Å². The fraction of sp³-hybridized carbons (Fsp3) is 0.294. The van der Waals surface area contributed by atoms with Crippen molar-refractivity contribution >= 4 is 23.4 Å². The Hall–Kier alpha value is -1.00. The molecular weight excluding hydrogens is 302 g/mol. The molecule has 1 N–H and O–H groups in total. The van der Waals surface area contributed by atoms with Gasteiger partial charge in [0, 0.05) is 35.0 Å². The lowest BCUT2D eigenvalue weighted by Crippen LogP contribution is -2.18. The molecule has 0 aromatic heterocycles. The number of hydrogen-bond acceptors (Lipinski definition) is 3. The van der Waals surface area contributed by atoms with E-state index in [0.29, 0.717) is 6.61 Å². The Morgan fingerprint density at radius 3 is 2.67 bits per heavy atom. The highest BCUT2D eigenvalue weighted by atomic mass is 35.5. The number of aryl methyl sites for hydroxylation is 1. The summed E-state index contributed by atoms with van der Waals surface area (Å²) in [5.41, 5.74) is 2.38. The van der Waals surface area contributed by atoms with Crippen LogP contribution in [-0.4, -0.2) is 20.3 Å². The van der Waals surface area contributed by atoms with Gasteiger partial charge in [-0.3, -0.25) is 0 Å². The Labute approximate surface area is 135 Å². The van der Waals surface area contributed by atoms with Crippen molar-refractivity contribution < 1.29 is 4.74 Å². The van der Waals surface area contributed by atoms with E-state index in [1.165, 1.54) is 10.5 Å². The molecule has 112 valence electrons. The maximum absolute atomic E-state index is 6.36. The van der Waals surface area contributed by atoms with E-state index in [1.54, 1.807) is 18.9 Å². The molecule has 0 spiro atoms. The maximum Gasteiger partial charge on any atom is 0.0587 e. The highest BCUT2D eigenvalue weighted by molar-refractivity contribution is 7.99. The predicted molar refractivity (Wildman–Crippen MR) is 90.3 cm³/mol. The van der Waals surface area contributed by atoms with Gasteiger partial charge in [0.25, 0.3) is 0 Å². The van der Waals surface area contributed by atoms with E-state index in [2.05, 4.69) is 48.6 Å². The Morgan fingerprint density at radius 1 is 1.14 bits per heavy atom. The fourth-order valence-electron chi connectivity index (χ4n) is 1.95. The summed E-state index contributed by atoms with van der Waals surface area (Å²) in [5, 5.41) is 4.11. The van der Waals surface area contributed by atoms with Crippen molar-refractivity contribution in [3.63, 3.8) is 0 Å². The van der Waals surface area contributed by atoms with Crippen LogP contribution in [0.2, 0.25) is 5.02 Å². The van der Waals surface area contributed by atoms with Crippen LogP contribution in [0.5, 0.6) is 0 Å². The third-order valence-electron chi connectivity index (χ3n) is 3.05. The molecule has 0 saturated heterocycles. The van der Waals surface area contributed by atoms with Crippen LogP contribution < -0.4 is 5.32 Å². The lowest BCUT2D eigenvalue weighted by atomic mass is 10.2. The molecule has 0 amide bonds. The van der Waals surface area contributed by atoms with Crippen LogP contribution in [0.1, 0.15) is 11.1 Å². The predicted octanol–water partition coefficient (Wildman–Crippen LogP) is 4.54.